The molecule has 1 amide bonds. The Hall–Kier alpha value is -1.32. The third-order valence-corrected chi connectivity index (χ3v) is 3.29. The lowest BCUT2D eigenvalue weighted by molar-refractivity contribution is -0.116. The van der Waals surface area contributed by atoms with Gasteiger partial charge in [0.25, 0.3) is 0 Å². The Morgan fingerprint density at radius 1 is 1.44 bits per heavy atom. The van der Waals surface area contributed by atoms with E-state index in [-0.39, 0.29) is 5.91 Å². The Balaban J connectivity index is 1.67. The van der Waals surface area contributed by atoms with Crippen molar-refractivity contribution >= 4 is 11.6 Å². The molecule has 1 heterocycles. The molecule has 1 aromatic rings. The van der Waals surface area contributed by atoms with Crippen LogP contribution in [0.2, 0.25) is 0 Å². The van der Waals surface area contributed by atoms with E-state index in [1.807, 2.05) is 0 Å². The topological polar surface area (TPSA) is 57.8 Å². The van der Waals surface area contributed by atoms with Gasteiger partial charge < -0.3 is 5.32 Å². The van der Waals surface area contributed by atoms with Gasteiger partial charge in [0.2, 0.25) is 5.91 Å². The highest BCUT2D eigenvalue weighted by atomic mass is 16.1. The SMILES string of the molecule is O=C(CCC1CCCCC1)Nc1cn[nH]c1. The van der Waals surface area contributed by atoms with Gasteiger partial charge in [-0.25, -0.2) is 0 Å². The predicted molar refractivity (Wildman–Crippen MR) is 63.0 cm³/mol. The van der Waals surface area contributed by atoms with E-state index in [4.69, 9.17) is 0 Å². The second-order valence-corrected chi connectivity index (χ2v) is 4.58. The second kappa shape index (κ2) is 5.68. The molecule has 1 aromatic heterocycles. The minimum Gasteiger partial charge on any atom is -0.323 e. The number of anilines is 1. The fourth-order valence-electron chi connectivity index (χ4n) is 2.35. The van der Waals surface area contributed by atoms with E-state index in [1.165, 1.54) is 32.1 Å². The van der Waals surface area contributed by atoms with Gasteiger partial charge in [-0.3, -0.25) is 9.89 Å². The lowest BCUT2D eigenvalue weighted by Gasteiger charge is -2.20. The summed E-state index contributed by atoms with van der Waals surface area (Å²) in [5.74, 6) is 0.871. The largest absolute Gasteiger partial charge is 0.323 e. The van der Waals surface area contributed by atoms with E-state index in [1.54, 1.807) is 12.4 Å². The van der Waals surface area contributed by atoms with Gasteiger partial charge in [-0.05, 0) is 12.3 Å². The molecule has 0 unspecified atom stereocenters. The fraction of sp³-hybridized carbons (Fsp3) is 0.667. The number of aromatic amines is 1. The molecule has 1 fully saturated rings. The van der Waals surface area contributed by atoms with Gasteiger partial charge >= 0.3 is 0 Å². The van der Waals surface area contributed by atoms with E-state index in [0.29, 0.717) is 6.42 Å². The highest BCUT2D eigenvalue weighted by molar-refractivity contribution is 5.90. The Morgan fingerprint density at radius 2 is 2.25 bits per heavy atom. The molecule has 0 spiro atoms. The second-order valence-electron chi connectivity index (χ2n) is 4.58. The van der Waals surface area contributed by atoms with E-state index in [0.717, 1.165) is 18.0 Å². The Labute approximate surface area is 95.8 Å². The van der Waals surface area contributed by atoms with Gasteiger partial charge in [-0.2, -0.15) is 5.10 Å². The molecule has 2 rings (SSSR count). The number of H-pyrrole nitrogens is 1. The summed E-state index contributed by atoms with van der Waals surface area (Å²) in [7, 11) is 0. The van der Waals surface area contributed by atoms with Gasteiger partial charge in [0, 0.05) is 12.6 Å². The molecule has 1 saturated carbocycles. The first-order valence-corrected chi connectivity index (χ1v) is 6.13. The molecule has 2 N–H and O–H groups in total. The molecule has 1 aliphatic rings. The third-order valence-electron chi connectivity index (χ3n) is 3.29. The van der Waals surface area contributed by atoms with E-state index in [9.17, 15) is 4.79 Å². The highest BCUT2D eigenvalue weighted by Crippen LogP contribution is 2.27. The molecule has 4 nitrogen and oxygen atoms in total. The summed E-state index contributed by atoms with van der Waals surface area (Å²) < 4.78 is 0. The van der Waals surface area contributed by atoms with Crippen LogP contribution in [0.25, 0.3) is 0 Å². The van der Waals surface area contributed by atoms with Crippen molar-refractivity contribution in [1.82, 2.24) is 10.2 Å². The standard InChI is InChI=1S/C12H19N3O/c16-12(15-11-8-13-14-9-11)7-6-10-4-2-1-3-5-10/h8-10H,1-7H2,(H,13,14)(H,15,16). The molecule has 16 heavy (non-hydrogen) atoms. The number of hydrogen-bond acceptors (Lipinski definition) is 2. The van der Waals surface area contributed by atoms with Crippen molar-refractivity contribution in [2.75, 3.05) is 5.32 Å². The van der Waals surface area contributed by atoms with Crippen molar-refractivity contribution in [2.45, 2.75) is 44.9 Å². The number of carbonyl (C=O) groups excluding carboxylic acids is 1. The summed E-state index contributed by atoms with van der Waals surface area (Å²) in [6, 6.07) is 0. The monoisotopic (exact) mass is 221 g/mol. The van der Waals surface area contributed by atoms with Crippen molar-refractivity contribution in [3.05, 3.63) is 12.4 Å². The summed E-state index contributed by atoms with van der Waals surface area (Å²) in [6.45, 7) is 0. The van der Waals surface area contributed by atoms with Crippen LogP contribution in [0.15, 0.2) is 12.4 Å². The number of nitrogens with zero attached hydrogens (tertiary/aromatic N) is 1. The molecular weight excluding hydrogens is 202 g/mol. The zero-order chi connectivity index (χ0) is 11.2. The number of rotatable bonds is 4. The van der Waals surface area contributed by atoms with Gasteiger partial charge in [-0.1, -0.05) is 32.1 Å². The smallest absolute Gasteiger partial charge is 0.224 e. The van der Waals surface area contributed by atoms with Crippen LogP contribution < -0.4 is 5.32 Å². The highest BCUT2D eigenvalue weighted by Gasteiger charge is 2.14. The van der Waals surface area contributed by atoms with Crippen molar-refractivity contribution < 1.29 is 4.79 Å². The minimum absolute atomic E-state index is 0.104. The van der Waals surface area contributed by atoms with E-state index >= 15 is 0 Å². The van der Waals surface area contributed by atoms with Gasteiger partial charge in [0.15, 0.2) is 0 Å². The molecule has 4 heteroatoms. The molecule has 0 bridgehead atoms. The lowest BCUT2D eigenvalue weighted by Crippen LogP contribution is -2.14. The predicted octanol–water partition coefficient (Wildman–Crippen LogP) is 2.71. The molecule has 0 radical (unpaired) electrons. The van der Waals surface area contributed by atoms with Crippen molar-refractivity contribution in [2.24, 2.45) is 5.92 Å². The van der Waals surface area contributed by atoms with Crippen LogP contribution in [0.1, 0.15) is 44.9 Å². The molecule has 0 aliphatic heterocycles. The first-order valence-electron chi connectivity index (χ1n) is 6.13. The first-order chi connectivity index (χ1) is 7.84. The summed E-state index contributed by atoms with van der Waals surface area (Å²) in [4.78, 5) is 11.6. The van der Waals surface area contributed by atoms with Crippen LogP contribution in [0.4, 0.5) is 5.69 Å². The number of hydrogen-bond donors (Lipinski definition) is 2. The first kappa shape index (κ1) is 11.2. The molecule has 88 valence electrons. The Bertz CT molecular complexity index is 315. The average Bonchev–Trinajstić information content (AvgIpc) is 2.81. The third kappa shape index (κ3) is 3.36. The number of amides is 1. The maximum atomic E-state index is 11.6. The summed E-state index contributed by atoms with van der Waals surface area (Å²) in [5, 5.41) is 9.29. The lowest BCUT2D eigenvalue weighted by atomic mass is 9.86. The van der Waals surface area contributed by atoms with Gasteiger partial charge in [-0.15, -0.1) is 0 Å². The molecule has 0 atom stereocenters. The van der Waals surface area contributed by atoms with Crippen LogP contribution in [-0.2, 0) is 4.79 Å². The van der Waals surface area contributed by atoms with Gasteiger partial charge in [0.05, 0.1) is 11.9 Å². The Kier molecular flexibility index (Phi) is 3.97. The van der Waals surface area contributed by atoms with Crippen LogP contribution >= 0.6 is 0 Å². The normalized spacial score (nSPS) is 17.2. The summed E-state index contributed by atoms with van der Waals surface area (Å²) in [6.07, 6.45) is 11.6. The number of nitrogens with one attached hydrogen (secondary N) is 2. The summed E-state index contributed by atoms with van der Waals surface area (Å²) >= 11 is 0. The van der Waals surface area contributed by atoms with Crippen molar-refractivity contribution in [3.63, 3.8) is 0 Å². The molecule has 0 saturated heterocycles. The van der Waals surface area contributed by atoms with Crippen LogP contribution in [0.5, 0.6) is 0 Å². The maximum absolute atomic E-state index is 11.6. The van der Waals surface area contributed by atoms with E-state index in [2.05, 4.69) is 15.5 Å². The minimum atomic E-state index is 0.104. The summed E-state index contributed by atoms with van der Waals surface area (Å²) in [5.41, 5.74) is 0.758. The van der Waals surface area contributed by atoms with Crippen LogP contribution in [-0.4, -0.2) is 16.1 Å². The van der Waals surface area contributed by atoms with Crippen LogP contribution in [0.3, 0.4) is 0 Å². The van der Waals surface area contributed by atoms with E-state index < -0.39 is 0 Å². The zero-order valence-corrected chi connectivity index (χ0v) is 9.54. The Morgan fingerprint density at radius 3 is 2.94 bits per heavy atom. The number of aromatic nitrogens is 2. The quantitative estimate of drug-likeness (QED) is 0.821. The van der Waals surface area contributed by atoms with Crippen molar-refractivity contribution in [3.8, 4) is 0 Å². The zero-order valence-electron chi connectivity index (χ0n) is 9.54. The van der Waals surface area contributed by atoms with Crippen LogP contribution in [0, 0.1) is 5.92 Å². The number of carbonyl (C=O) groups is 1. The molecular formula is C12H19N3O. The molecule has 1 aliphatic carbocycles. The van der Waals surface area contributed by atoms with Crippen molar-refractivity contribution in [1.29, 1.82) is 0 Å². The average molecular weight is 221 g/mol. The molecule has 0 aromatic carbocycles. The fourth-order valence-corrected chi connectivity index (χ4v) is 2.35. The maximum Gasteiger partial charge on any atom is 0.224 e. The van der Waals surface area contributed by atoms with Gasteiger partial charge in [0.1, 0.15) is 0 Å².